The molecule has 0 fully saturated rings. The van der Waals surface area contributed by atoms with E-state index >= 15 is 0 Å². The summed E-state index contributed by atoms with van der Waals surface area (Å²) in [4.78, 5) is 11.7. The van der Waals surface area contributed by atoms with Crippen molar-refractivity contribution in [3.63, 3.8) is 0 Å². The van der Waals surface area contributed by atoms with Crippen molar-refractivity contribution in [2.45, 2.75) is 65.2 Å². The number of ketones is 1. The van der Waals surface area contributed by atoms with Gasteiger partial charge in [0.25, 0.3) is 0 Å². The molecule has 0 atom stereocenters. The lowest BCUT2D eigenvalue weighted by Gasteiger charge is -2.35. The Morgan fingerprint density at radius 3 is 2.50 bits per heavy atom. The minimum atomic E-state index is 0.182. The fourth-order valence-corrected chi connectivity index (χ4v) is 3.14. The van der Waals surface area contributed by atoms with Gasteiger partial charge in [0.1, 0.15) is 0 Å². The fourth-order valence-electron chi connectivity index (χ4n) is 3.14. The predicted octanol–water partition coefficient (Wildman–Crippen LogP) is 4.63. The van der Waals surface area contributed by atoms with E-state index in [9.17, 15) is 4.79 Å². The highest BCUT2D eigenvalue weighted by molar-refractivity contribution is 5.94. The van der Waals surface area contributed by atoms with Gasteiger partial charge in [-0.05, 0) is 66.3 Å². The second kappa shape index (κ2) is 4.53. The molecule has 0 spiro atoms. The molecule has 0 unspecified atom stereocenters. The van der Waals surface area contributed by atoms with Crippen molar-refractivity contribution in [1.82, 2.24) is 0 Å². The van der Waals surface area contributed by atoms with Crippen LogP contribution in [-0.4, -0.2) is 5.78 Å². The van der Waals surface area contributed by atoms with Crippen molar-refractivity contribution in [2.75, 3.05) is 0 Å². The zero-order chi connectivity index (χ0) is 13.5. The molecule has 0 amide bonds. The van der Waals surface area contributed by atoms with Gasteiger partial charge in [-0.2, -0.15) is 0 Å². The Bertz CT molecular complexity index is 481. The van der Waals surface area contributed by atoms with Gasteiger partial charge in [0.2, 0.25) is 0 Å². The summed E-state index contributed by atoms with van der Waals surface area (Å²) in [6.07, 6.45) is 3.66. The molecule has 0 bridgehead atoms. The van der Waals surface area contributed by atoms with Gasteiger partial charge < -0.3 is 0 Å². The molecule has 1 nitrogen and oxygen atoms in total. The quantitative estimate of drug-likeness (QED) is 0.693. The van der Waals surface area contributed by atoms with Crippen LogP contribution >= 0.6 is 0 Å². The van der Waals surface area contributed by atoms with Crippen LogP contribution in [-0.2, 0) is 11.8 Å². The third-order valence-corrected chi connectivity index (χ3v) is 4.27. The van der Waals surface area contributed by atoms with Crippen LogP contribution in [0.25, 0.3) is 0 Å². The van der Waals surface area contributed by atoms with Gasteiger partial charge in [-0.15, -0.1) is 0 Å². The number of rotatable bonds is 2. The molecule has 2 rings (SSSR count). The Morgan fingerprint density at radius 1 is 1.28 bits per heavy atom. The lowest BCUT2D eigenvalue weighted by Crippen LogP contribution is -2.25. The van der Waals surface area contributed by atoms with Crippen molar-refractivity contribution in [3.8, 4) is 0 Å². The van der Waals surface area contributed by atoms with E-state index in [0.29, 0.717) is 5.92 Å². The molecule has 0 aromatic heterocycles. The SMILES string of the molecule is CC(=O)c1cc(C(C)C)c2c(c1)C(C)(C)CCC2. The van der Waals surface area contributed by atoms with Crippen molar-refractivity contribution in [3.05, 3.63) is 34.4 Å². The van der Waals surface area contributed by atoms with Gasteiger partial charge in [-0.25, -0.2) is 0 Å². The highest BCUT2D eigenvalue weighted by atomic mass is 16.1. The average Bonchev–Trinajstić information content (AvgIpc) is 2.27. The molecule has 0 heterocycles. The monoisotopic (exact) mass is 244 g/mol. The van der Waals surface area contributed by atoms with E-state index in [2.05, 4.69) is 39.8 Å². The Kier molecular flexibility index (Phi) is 3.35. The summed E-state index contributed by atoms with van der Waals surface area (Å²) >= 11 is 0. The van der Waals surface area contributed by atoms with Crippen LogP contribution in [0.3, 0.4) is 0 Å². The molecule has 0 aliphatic heterocycles. The minimum absolute atomic E-state index is 0.182. The molecular weight excluding hydrogens is 220 g/mol. The number of carbonyl (C=O) groups is 1. The number of Topliss-reactive ketones (excluding diaryl/α,β-unsaturated/α-hetero) is 1. The lowest BCUT2D eigenvalue weighted by atomic mass is 9.70. The molecule has 1 heteroatoms. The number of carbonyl (C=O) groups excluding carboxylic acids is 1. The van der Waals surface area contributed by atoms with E-state index in [1.807, 2.05) is 0 Å². The highest BCUT2D eigenvalue weighted by Crippen LogP contribution is 2.40. The average molecular weight is 244 g/mol. The maximum absolute atomic E-state index is 11.7. The van der Waals surface area contributed by atoms with E-state index in [4.69, 9.17) is 0 Å². The minimum Gasteiger partial charge on any atom is -0.295 e. The Balaban J connectivity index is 2.69. The van der Waals surface area contributed by atoms with E-state index in [0.717, 1.165) is 5.56 Å². The summed E-state index contributed by atoms with van der Waals surface area (Å²) in [6.45, 7) is 10.7. The third-order valence-electron chi connectivity index (χ3n) is 4.27. The topological polar surface area (TPSA) is 17.1 Å². The molecule has 0 saturated heterocycles. The van der Waals surface area contributed by atoms with Crippen LogP contribution in [0.5, 0.6) is 0 Å². The largest absolute Gasteiger partial charge is 0.295 e. The highest BCUT2D eigenvalue weighted by Gasteiger charge is 2.30. The molecule has 1 aromatic rings. The summed E-state index contributed by atoms with van der Waals surface area (Å²) in [6, 6.07) is 4.26. The molecular formula is C17H24O. The van der Waals surface area contributed by atoms with Crippen LogP contribution in [0.15, 0.2) is 12.1 Å². The second-order valence-electron chi connectivity index (χ2n) is 6.54. The standard InChI is InChI=1S/C17H24O/c1-11(2)15-9-13(12(3)18)10-16-14(15)7-6-8-17(16,4)5/h9-11H,6-8H2,1-5H3. The van der Waals surface area contributed by atoms with Crippen LogP contribution in [0.4, 0.5) is 0 Å². The molecule has 98 valence electrons. The fraction of sp³-hybridized carbons (Fsp3) is 0.588. The smallest absolute Gasteiger partial charge is 0.159 e. The molecule has 0 saturated carbocycles. The van der Waals surface area contributed by atoms with Crippen molar-refractivity contribution < 1.29 is 4.79 Å². The molecule has 0 N–H and O–H groups in total. The van der Waals surface area contributed by atoms with E-state index < -0.39 is 0 Å². The number of hydrogen-bond acceptors (Lipinski definition) is 1. The Labute approximate surface area is 111 Å². The normalized spacial score (nSPS) is 17.7. The molecule has 1 aromatic carbocycles. The number of hydrogen-bond donors (Lipinski definition) is 0. The number of fused-ring (bicyclic) bond motifs is 1. The lowest BCUT2D eigenvalue weighted by molar-refractivity contribution is 0.101. The van der Waals surface area contributed by atoms with Gasteiger partial charge in [-0.3, -0.25) is 4.79 Å². The summed E-state index contributed by atoms with van der Waals surface area (Å²) in [5, 5.41) is 0. The first-order valence-electron chi connectivity index (χ1n) is 7.01. The summed E-state index contributed by atoms with van der Waals surface area (Å²) in [5.74, 6) is 0.674. The predicted molar refractivity (Wildman–Crippen MR) is 76.5 cm³/mol. The zero-order valence-electron chi connectivity index (χ0n) is 12.3. The van der Waals surface area contributed by atoms with Gasteiger partial charge in [0.05, 0.1) is 0 Å². The maximum atomic E-state index is 11.7. The van der Waals surface area contributed by atoms with Gasteiger partial charge in [0, 0.05) is 5.56 Å². The summed E-state index contributed by atoms with van der Waals surface area (Å²) in [5.41, 5.74) is 5.39. The first-order chi connectivity index (χ1) is 8.33. The summed E-state index contributed by atoms with van der Waals surface area (Å²) in [7, 11) is 0. The van der Waals surface area contributed by atoms with Gasteiger partial charge >= 0.3 is 0 Å². The van der Waals surface area contributed by atoms with E-state index in [-0.39, 0.29) is 11.2 Å². The molecule has 1 aliphatic rings. The first kappa shape index (κ1) is 13.3. The first-order valence-corrected chi connectivity index (χ1v) is 7.01. The molecule has 18 heavy (non-hydrogen) atoms. The van der Waals surface area contributed by atoms with Crippen molar-refractivity contribution >= 4 is 5.78 Å². The van der Waals surface area contributed by atoms with E-state index in [1.165, 1.54) is 36.0 Å². The van der Waals surface area contributed by atoms with Gasteiger partial charge in [0.15, 0.2) is 5.78 Å². The third kappa shape index (κ3) is 2.23. The van der Waals surface area contributed by atoms with Gasteiger partial charge in [-0.1, -0.05) is 27.7 Å². The maximum Gasteiger partial charge on any atom is 0.159 e. The second-order valence-corrected chi connectivity index (χ2v) is 6.54. The Morgan fingerprint density at radius 2 is 1.94 bits per heavy atom. The van der Waals surface area contributed by atoms with E-state index in [1.54, 1.807) is 6.92 Å². The van der Waals surface area contributed by atoms with Crippen LogP contribution < -0.4 is 0 Å². The van der Waals surface area contributed by atoms with Crippen LogP contribution in [0.1, 0.15) is 80.4 Å². The zero-order valence-corrected chi connectivity index (χ0v) is 12.3. The van der Waals surface area contributed by atoms with Crippen LogP contribution in [0, 0.1) is 0 Å². The number of benzene rings is 1. The summed E-state index contributed by atoms with van der Waals surface area (Å²) < 4.78 is 0. The molecule has 0 radical (unpaired) electrons. The Hall–Kier alpha value is -1.11. The van der Waals surface area contributed by atoms with Crippen molar-refractivity contribution in [1.29, 1.82) is 0 Å². The molecule has 1 aliphatic carbocycles. The van der Waals surface area contributed by atoms with Crippen LogP contribution in [0.2, 0.25) is 0 Å². The van der Waals surface area contributed by atoms with Crippen molar-refractivity contribution in [2.24, 2.45) is 0 Å².